The summed E-state index contributed by atoms with van der Waals surface area (Å²) in [5.41, 5.74) is 9.29. The van der Waals surface area contributed by atoms with E-state index < -0.39 is 0 Å². The van der Waals surface area contributed by atoms with Crippen LogP contribution in [0.5, 0.6) is 0 Å². The highest BCUT2D eigenvalue weighted by Crippen LogP contribution is 2.31. The second-order valence-electron chi connectivity index (χ2n) is 9.26. The SMILES string of the molecule is c1cncc(-c2cccc3[nH]c(-c4n[nH]c5ccc(-c6cncc(CN7CCCC7)c6)nc45)nc23)c1. The first kappa shape index (κ1) is 20.9. The molecule has 6 aromatic rings. The number of imidazole rings is 1. The fourth-order valence-electron chi connectivity index (χ4n) is 5.04. The van der Waals surface area contributed by atoms with Gasteiger partial charge >= 0.3 is 0 Å². The minimum atomic E-state index is 0.679. The molecule has 6 heterocycles. The van der Waals surface area contributed by atoms with Crippen molar-refractivity contribution >= 4 is 22.1 Å². The monoisotopic (exact) mass is 472 g/mol. The molecular weight excluding hydrogens is 448 g/mol. The molecule has 0 spiro atoms. The number of para-hydroxylation sites is 1. The quantitative estimate of drug-likeness (QED) is 0.357. The summed E-state index contributed by atoms with van der Waals surface area (Å²) in [5.74, 6) is 0.679. The first-order valence-corrected chi connectivity index (χ1v) is 12.2. The molecule has 7 rings (SSSR count). The Hall–Kier alpha value is -4.43. The highest BCUT2D eigenvalue weighted by molar-refractivity contribution is 5.96. The maximum absolute atomic E-state index is 4.99. The predicted octanol–water partition coefficient (Wildman–Crippen LogP) is 5.22. The lowest BCUT2D eigenvalue weighted by atomic mass is 10.1. The Bertz CT molecular complexity index is 1680. The Labute approximate surface area is 207 Å². The number of H-pyrrole nitrogens is 2. The minimum Gasteiger partial charge on any atom is -0.336 e. The smallest absolute Gasteiger partial charge is 0.161 e. The second-order valence-corrected chi connectivity index (χ2v) is 9.26. The molecule has 8 nitrogen and oxygen atoms in total. The zero-order chi connectivity index (χ0) is 23.9. The first-order valence-electron chi connectivity index (χ1n) is 12.2. The normalized spacial score (nSPS) is 14.2. The van der Waals surface area contributed by atoms with Crippen molar-refractivity contribution in [3.8, 4) is 33.9 Å². The molecule has 0 bridgehead atoms. The number of likely N-dealkylation sites (tertiary alicyclic amines) is 1. The molecular formula is C28H24N8. The van der Waals surface area contributed by atoms with Crippen LogP contribution in [0.15, 0.2) is 73.3 Å². The number of nitrogens with one attached hydrogen (secondary N) is 2. The van der Waals surface area contributed by atoms with Gasteiger partial charge < -0.3 is 4.98 Å². The van der Waals surface area contributed by atoms with Crippen LogP contribution in [-0.2, 0) is 6.54 Å². The number of nitrogens with zero attached hydrogens (tertiary/aromatic N) is 6. The van der Waals surface area contributed by atoms with E-state index in [0.29, 0.717) is 11.5 Å². The molecule has 5 aromatic heterocycles. The van der Waals surface area contributed by atoms with E-state index in [1.54, 1.807) is 6.20 Å². The van der Waals surface area contributed by atoms with Gasteiger partial charge in [0.25, 0.3) is 0 Å². The lowest BCUT2D eigenvalue weighted by molar-refractivity contribution is 0.331. The van der Waals surface area contributed by atoms with Crippen LogP contribution in [0.25, 0.3) is 56.0 Å². The van der Waals surface area contributed by atoms with Crippen molar-refractivity contribution in [2.24, 2.45) is 0 Å². The second kappa shape index (κ2) is 8.66. The third-order valence-electron chi connectivity index (χ3n) is 6.81. The molecule has 1 aromatic carbocycles. The Morgan fingerprint density at radius 2 is 1.72 bits per heavy atom. The van der Waals surface area contributed by atoms with Gasteiger partial charge in [0.15, 0.2) is 11.5 Å². The average molecular weight is 473 g/mol. The largest absolute Gasteiger partial charge is 0.336 e. The van der Waals surface area contributed by atoms with Crippen LogP contribution in [-0.4, -0.2) is 53.1 Å². The summed E-state index contributed by atoms with van der Waals surface area (Å²) in [5, 5.41) is 7.68. The van der Waals surface area contributed by atoms with E-state index in [-0.39, 0.29) is 0 Å². The van der Waals surface area contributed by atoms with Crippen LogP contribution in [0.1, 0.15) is 18.4 Å². The maximum Gasteiger partial charge on any atom is 0.161 e. The Morgan fingerprint density at radius 1 is 0.806 bits per heavy atom. The third kappa shape index (κ3) is 3.72. The van der Waals surface area contributed by atoms with Crippen LogP contribution in [0.2, 0.25) is 0 Å². The van der Waals surface area contributed by atoms with E-state index in [9.17, 15) is 0 Å². The first-order chi connectivity index (χ1) is 17.8. The average Bonchev–Trinajstić information content (AvgIpc) is 3.68. The Kier molecular flexibility index (Phi) is 5.03. The molecule has 36 heavy (non-hydrogen) atoms. The van der Waals surface area contributed by atoms with Gasteiger partial charge in [0.2, 0.25) is 0 Å². The van der Waals surface area contributed by atoms with Crippen molar-refractivity contribution in [2.75, 3.05) is 13.1 Å². The van der Waals surface area contributed by atoms with Crippen molar-refractivity contribution in [1.29, 1.82) is 0 Å². The van der Waals surface area contributed by atoms with E-state index in [2.05, 4.69) is 42.2 Å². The number of aromatic amines is 2. The van der Waals surface area contributed by atoms with Crippen molar-refractivity contribution in [1.82, 2.24) is 40.0 Å². The van der Waals surface area contributed by atoms with Gasteiger partial charge in [0.1, 0.15) is 5.52 Å². The number of hydrogen-bond acceptors (Lipinski definition) is 6. The van der Waals surface area contributed by atoms with Gasteiger partial charge in [-0.2, -0.15) is 5.10 Å². The van der Waals surface area contributed by atoms with Crippen LogP contribution in [0.3, 0.4) is 0 Å². The lowest BCUT2D eigenvalue weighted by Crippen LogP contribution is -2.18. The van der Waals surface area contributed by atoms with Crippen molar-refractivity contribution in [3.63, 3.8) is 0 Å². The number of hydrogen-bond donors (Lipinski definition) is 2. The van der Waals surface area contributed by atoms with E-state index >= 15 is 0 Å². The van der Waals surface area contributed by atoms with Gasteiger partial charge in [0, 0.05) is 48.0 Å². The molecule has 0 amide bonds. The van der Waals surface area contributed by atoms with Gasteiger partial charge in [-0.05, 0) is 61.8 Å². The van der Waals surface area contributed by atoms with Crippen LogP contribution >= 0.6 is 0 Å². The van der Waals surface area contributed by atoms with E-state index in [0.717, 1.165) is 64.1 Å². The molecule has 0 unspecified atom stereocenters. The molecule has 8 heteroatoms. The van der Waals surface area contributed by atoms with Gasteiger partial charge in [0.05, 0.1) is 22.2 Å². The van der Waals surface area contributed by atoms with Crippen molar-refractivity contribution in [3.05, 3.63) is 78.9 Å². The van der Waals surface area contributed by atoms with Crippen molar-refractivity contribution in [2.45, 2.75) is 19.4 Å². The van der Waals surface area contributed by atoms with E-state index in [1.807, 2.05) is 55.0 Å². The molecule has 0 radical (unpaired) electrons. The number of benzene rings is 1. The third-order valence-corrected chi connectivity index (χ3v) is 6.81. The number of pyridine rings is 3. The van der Waals surface area contributed by atoms with Gasteiger partial charge in [-0.3, -0.25) is 20.0 Å². The topological polar surface area (TPSA) is 99.3 Å². The highest BCUT2D eigenvalue weighted by atomic mass is 15.2. The van der Waals surface area contributed by atoms with Crippen LogP contribution < -0.4 is 0 Å². The molecule has 1 saturated heterocycles. The van der Waals surface area contributed by atoms with E-state index in [4.69, 9.17) is 9.97 Å². The van der Waals surface area contributed by atoms with Gasteiger partial charge in [-0.25, -0.2) is 9.97 Å². The molecule has 1 aliphatic heterocycles. The van der Waals surface area contributed by atoms with Crippen LogP contribution in [0, 0.1) is 0 Å². The Balaban J connectivity index is 1.28. The van der Waals surface area contributed by atoms with Crippen LogP contribution in [0.4, 0.5) is 0 Å². The fourth-order valence-corrected chi connectivity index (χ4v) is 5.04. The summed E-state index contributed by atoms with van der Waals surface area (Å²) in [4.78, 5) is 24.6. The molecule has 1 aliphatic rings. The number of aromatic nitrogens is 7. The molecule has 2 N–H and O–H groups in total. The fraction of sp³-hybridized carbons (Fsp3) is 0.179. The molecule has 0 saturated carbocycles. The standard InChI is InChI=1S/C28H24N8/c1-2-12-36(11-1)17-18-13-20(16-30-14-18)22-8-9-24-26(31-22)27(35-34-24)28-32-23-7-3-6-21(25(23)33-28)19-5-4-10-29-15-19/h3-10,13-16H,1-2,11-12,17H2,(H,32,33)(H,34,35). The molecule has 0 aliphatic carbocycles. The maximum atomic E-state index is 4.99. The van der Waals surface area contributed by atoms with E-state index in [1.165, 1.54) is 18.4 Å². The lowest BCUT2D eigenvalue weighted by Gasteiger charge is -2.14. The number of rotatable bonds is 5. The predicted molar refractivity (Wildman–Crippen MR) is 140 cm³/mol. The summed E-state index contributed by atoms with van der Waals surface area (Å²) >= 11 is 0. The molecule has 0 atom stereocenters. The van der Waals surface area contributed by atoms with Crippen molar-refractivity contribution < 1.29 is 0 Å². The highest BCUT2D eigenvalue weighted by Gasteiger charge is 2.17. The molecule has 1 fully saturated rings. The summed E-state index contributed by atoms with van der Waals surface area (Å²) < 4.78 is 0. The summed E-state index contributed by atoms with van der Waals surface area (Å²) in [6.07, 6.45) is 10.0. The zero-order valence-electron chi connectivity index (χ0n) is 19.6. The summed E-state index contributed by atoms with van der Waals surface area (Å²) in [7, 11) is 0. The zero-order valence-corrected chi connectivity index (χ0v) is 19.6. The number of fused-ring (bicyclic) bond motifs is 2. The van der Waals surface area contributed by atoms with Gasteiger partial charge in [-0.1, -0.05) is 18.2 Å². The van der Waals surface area contributed by atoms with Gasteiger partial charge in [-0.15, -0.1) is 0 Å². The minimum absolute atomic E-state index is 0.679. The summed E-state index contributed by atoms with van der Waals surface area (Å²) in [6.45, 7) is 3.25. The molecule has 176 valence electrons. The summed E-state index contributed by atoms with van der Waals surface area (Å²) in [6, 6.07) is 16.3. The Morgan fingerprint density at radius 3 is 2.61 bits per heavy atom.